The van der Waals surface area contributed by atoms with Crippen LogP contribution in [0, 0.1) is 10.1 Å². The Bertz CT molecular complexity index is 513. The largest absolute Gasteiger partial charge is 0.502 e. The van der Waals surface area contributed by atoms with Gasteiger partial charge >= 0.3 is 5.69 Å². The summed E-state index contributed by atoms with van der Waals surface area (Å²) in [4.78, 5) is 26.6. The smallest absolute Gasteiger partial charge is 0.310 e. The molecule has 108 valence electrons. The van der Waals surface area contributed by atoms with E-state index < -0.39 is 28.6 Å². The average molecular weight is 282 g/mol. The van der Waals surface area contributed by atoms with E-state index in [9.17, 15) is 20.0 Å². The zero-order valence-electron chi connectivity index (χ0n) is 10.6. The van der Waals surface area contributed by atoms with Gasteiger partial charge in [0, 0.05) is 24.7 Å². The first-order valence-electron chi connectivity index (χ1n) is 6.13. The highest BCUT2D eigenvalue weighted by Gasteiger charge is 2.18. The third-order valence-corrected chi connectivity index (χ3v) is 2.86. The number of carbonyl (C=O) groups excluding carboxylic acids is 1. The number of phenols is 1. The normalized spacial score (nSPS) is 18.5. The summed E-state index contributed by atoms with van der Waals surface area (Å²) in [5, 5.41) is 20.0. The third-order valence-electron chi connectivity index (χ3n) is 2.86. The first-order valence-corrected chi connectivity index (χ1v) is 6.13. The lowest BCUT2D eigenvalue weighted by Gasteiger charge is -2.22. The molecular weight excluding hydrogens is 268 g/mol. The number of hydrogen-bond acceptors (Lipinski definition) is 6. The minimum atomic E-state index is -0.733. The molecule has 0 aromatic heterocycles. The molecule has 1 heterocycles. The van der Waals surface area contributed by atoms with Crippen molar-refractivity contribution in [2.45, 2.75) is 25.6 Å². The molecule has 0 unspecified atom stereocenters. The predicted octanol–water partition coefficient (Wildman–Crippen LogP) is 1.49. The highest BCUT2D eigenvalue weighted by molar-refractivity contribution is 5.94. The quantitative estimate of drug-likeness (QED) is 0.639. The highest BCUT2D eigenvalue weighted by Crippen LogP contribution is 2.26. The van der Waals surface area contributed by atoms with Crippen LogP contribution >= 0.6 is 0 Å². The van der Waals surface area contributed by atoms with Gasteiger partial charge in [-0.3, -0.25) is 14.9 Å². The summed E-state index contributed by atoms with van der Waals surface area (Å²) in [5.74, 6) is -1.18. The molecule has 1 amide bonds. The number of benzene rings is 1. The van der Waals surface area contributed by atoms with Gasteiger partial charge in [0.25, 0.3) is 5.91 Å². The number of nitrogens with zero attached hydrogens (tertiary/aromatic N) is 1. The number of hydrogen-bond donors (Lipinski definition) is 2. The molecule has 0 aliphatic carbocycles. The fourth-order valence-electron chi connectivity index (χ4n) is 1.80. The molecule has 1 aliphatic heterocycles. The molecule has 1 aromatic rings. The number of nitro benzene ring substituents is 1. The van der Waals surface area contributed by atoms with Gasteiger partial charge in [0.05, 0.1) is 4.92 Å². The molecule has 1 aromatic carbocycles. The molecule has 2 rings (SSSR count). The molecule has 1 saturated heterocycles. The van der Waals surface area contributed by atoms with Crippen LogP contribution in [-0.2, 0) is 9.57 Å². The van der Waals surface area contributed by atoms with Crippen molar-refractivity contribution in [2.75, 3.05) is 6.61 Å². The van der Waals surface area contributed by atoms with Crippen LogP contribution < -0.4 is 5.48 Å². The van der Waals surface area contributed by atoms with Crippen molar-refractivity contribution in [1.82, 2.24) is 5.48 Å². The maximum atomic E-state index is 11.7. The maximum absolute atomic E-state index is 11.7. The molecule has 20 heavy (non-hydrogen) atoms. The molecule has 1 fully saturated rings. The third kappa shape index (κ3) is 3.43. The summed E-state index contributed by atoms with van der Waals surface area (Å²) in [5.41, 5.74) is 1.80. The number of carbonyl (C=O) groups is 1. The van der Waals surface area contributed by atoms with Gasteiger partial charge in [-0.2, -0.15) is 0 Å². The Morgan fingerprint density at radius 3 is 2.90 bits per heavy atom. The number of rotatable bonds is 4. The Labute approximate surface area is 114 Å². The fourth-order valence-corrected chi connectivity index (χ4v) is 1.80. The van der Waals surface area contributed by atoms with Crippen LogP contribution in [0.1, 0.15) is 29.6 Å². The standard InChI is InChI=1S/C12H14N2O6/c15-10-7-8(4-5-9(10)14(17)18)12(16)13-20-11-3-1-2-6-19-11/h4-5,7,11,15H,1-3,6H2,(H,13,16)/t11-/m0/s1. The minimum absolute atomic E-state index is 0.0592. The van der Waals surface area contributed by atoms with Crippen LogP contribution in [0.5, 0.6) is 5.75 Å². The van der Waals surface area contributed by atoms with Crippen molar-refractivity contribution in [2.24, 2.45) is 0 Å². The van der Waals surface area contributed by atoms with Crippen molar-refractivity contribution in [3.63, 3.8) is 0 Å². The zero-order chi connectivity index (χ0) is 14.5. The lowest BCUT2D eigenvalue weighted by Crippen LogP contribution is -2.33. The minimum Gasteiger partial charge on any atom is -0.502 e. The second-order valence-corrected chi connectivity index (χ2v) is 4.31. The van der Waals surface area contributed by atoms with E-state index in [4.69, 9.17) is 9.57 Å². The van der Waals surface area contributed by atoms with Crippen LogP contribution in [0.25, 0.3) is 0 Å². The van der Waals surface area contributed by atoms with E-state index in [2.05, 4.69) is 5.48 Å². The average Bonchev–Trinajstić information content (AvgIpc) is 2.45. The second-order valence-electron chi connectivity index (χ2n) is 4.31. The maximum Gasteiger partial charge on any atom is 0.310 e. The van der Waals surface area contributed by atoms with Gasteiger partial charge in [-0.15, -0.1) is 0 Å². The molecule has 8 heteroatoms. The van der Waals surface area contributed by atoms with Crippen molar-refractivity contribution in [3.8, 4) is 5.75 Å². The van der Waals surface area contributed by atoms with E-state index in [0.717, 1.165) is 25.0 Å². The van der Waals surface area contributed by atoms with Gasteiger partial charge < -0.3 is 9.84 Å². The lowest BCUT2D eigenvalue weighted by atomic mass is 10.2. The van der Waals surface area contributed by atoms with Gasteiger partial charge in [-0.05, 0) is 25.0 Å². The molecule has 0 bridgehead atoms. The molecule has 0 spiro atoms. The van der Waals surface area contributed by atoms with E-state index in [-0.39, 0.29) is 5.56 Å². The number of nitro groups is 1. The van der Waals surface area contributed by atoms with E-state index in [1.165, 1.54) is 6.07 Å². The Morgan fingerprint density at radius 2 is 2.30 bits per heavy atom. The first-order chi connectivity index (χ1) is 9.58. The summed E-state index contributed by atoms with van der Waals surface area (Å²) in [6, 6.07) is 3.30. The second kappa shape index (κ2) is 6.31. The van der Waals surface area contributed by atoms with E-state index in [1.54, 1.807) is 0 Å². The van der Waals surface area contributed by atoms with Gasteiger partial charge in [0.15, 0.2) is 12.0 Å². The summed E-state index contributed by atoms with van der Waals surface area (Å²) in [6.45, 7) is 0.582. The predicted molar refractivity (Wildman–Crippen MR) is 66.9 cm³/mol. The van der Waals surface area contributed by atoms with Gasteiger partial charge in [0.1, 0.15) is 0 Å². The van der Waals surface area contributed by atoms with E-state index in [0.29, 0.717) is 13.0 Å². The number of hydroxylamine groups is 1. The molecule has 0 saturated carbocycles. The van der Waals surface area contributed by atoms with Crippen molar-refractivity contribution < 1.29 is 24.4 Å². The highest BCUT2D eigenvalue weighted by atomic mass is 16.8. The first kappa shape index (κ1) is 14.2. The molecule has 8 nitrogen and oxygen atoms in total. The van der Waals surface area contributed by atoms with Crippen LogP contribution in [0.2, 0.25) is 0 Å². The summed E-state index contributed by atoms with van der Waals surface area (Å²) < 4.78 is 5.26. The molecule has 1 aliphatic rings. The van der Waals surface area contributed by atoms with Gasteiger partial charge in [0.2, 0.25) is 0 Å². The van der Waals surface area contributed by atoms with Crippen LogP contribution in [0.3, 0.4) is 0 Å². The lowest BCUT2D eigenvalue weighted by molar-refractivity contribution is -0.385. The van der Waals surface area contributed by atoms with Crippen molar-refractivity contribution in [1.29, 1.82) is 0 Å². The van der Waals surface area contributed by atoms with E-state index >= 15 is 0 Å². The zero-order valence-corrected chi connectivity index (χ0v) is 10.6. The monoisotopic (exact) mass is 282 g/mol. The van der Waals surface area contributed by atoms with Crippen LogP contribution in [0.4, 0.5) is 5.69 Å². The number of phenolic OH excluding ortho intramolecular Hbond substituents is 1. The van der Waals surface area contributed by atoms with Gasteiger partial charge in [-0.25, -0.2) is 10.3 Å². The Hall–Kier alpha value is -2.19. The topological polar surface area (TPSA) is 111 Å². The number of nitrogens with one attached hydrogen (secondary N) is 1. The Kier molecular flexibility index (Phi) is 4.49. The summed E-state index contributed by atoms with van der Waals surface area (Å²) >= 11 is 0. The number of ether oxygens (including phenoxy) is 1. The van der Waals surface area contributed by atoms with E-state index in [1.807, 2.05) is 0 Å². The molecule has 1 atom stereocenters. The summed E-state index contributed by atoms with van der Waals surface area (Å²) in [6.07, 6.45) is 2.12. The molecule has 0 radical (unpaired) electrons. The number of amides is 1. The van der Waals surface area contributed by atoms with Crippen molar-refractivity contribution in [3.05, 3.63) is 33.9 Å². The number of aromatic hydroxyl groups is 1. The fraction of sp³-hybridized carbons (Fsp3) is 0.417. The Morgan fingerprint density at radius 1 is 1.50 bits per heavy atom. The van der Waals surface area contributed by atoms with Gasteiger partial charge in [-0.1, -0.05) is 0 Å². The van der Waals surface area contributed by atoms with Crippen molar-refractivity contribution >= 4 is 11.6 Å². The SMILES string of the molecule is O=C(NO[C@H]1CCCCO1)c1ccc([N+](=O)[O-])c(O)c1. The summed E-state index contributed by atoms with van der Waals surface area (Å²) in [7, 11) is 0. The molecular formula is C12H14N2O6. The van der Waals surface area contributed by atoms with Crippen LogP contribution in [0.15, 0.2) is 18.2 Å². The molecule has 2 N–H and O–H groups in total. The van der Waals surface area contributed by atoms with Crippen LogP contribution in [-0.4, -0.2) is 28.8 Å². The Balaban J connectivity index is 1.95.